The van der Waals surface area contributed by atoms with E-state index in [9.17, 15) is 4.79 Å². The molecule has 3 aromatic rings. The molecule has 0 aliphatic heterocycles. The van der Waals surface area contributed by atoms with Crippen LogP contribution in [0.15, 0.2) is 48.0 Å². The standard InChI is InChI=1S/C13H9N3O2S/c17-13(18)9-3-5-10(6-4-9)16-8-11(14-15-16)12-2-1-7-19-12/h1-8H,(H,17,18). The highest BCUT2D eigenvalue weighted by Gasteiger charge is 2.07. The second-order valence-corrected chi connectivity index (χ2v) is 4.83. The van der Waals surface area contributed by atoms with E-state index in [2.05, 4.69) is 10.3 Å². The molecule has 3 rings (SSSR count). The van der Waals surface area contributed by atoms with Crippen molar-refractivity contribution in [2.24, 2.45) is 0 Å². The summed E-state index contributed by atoms with van der Waals surface area (Å²) in [6, 6.07) is 10.4. The smallest absolute Gasteiger partial charge is 0.335 e. The van der Waals surface area contributed by atoms with Gasteiger partial charge in [-0.05, 0) is 35.7 Å². The second-order valence-electron chi connectivity index (χ2n) is 3.88. The fourth-order valence-corrected chi connectivity index (χ4v) is 2.36. The predicted molar refractivity (Wildman–Crippen MR) is 71.6 cm³/mol. The van der Waals surface area contributed by atoms with E-state index >= 15 is 0 Å². The van der Waals surface area contributed by atoms with Gasteiger partial charge in [-0.25, -0.2) is 9.48 Å². The minimum absolute atomic E-state index is 0.252. The van der Waals surface area contributed by atoms with Gasteiger partial charge in [-0.1, -0.05) is 11.3 Å². The molecule has 6 heteroatoms. The van der Waals surface area contributed by atoms with Gasteiger partial charge in [0.2, 0.25) is 0 Å². The zero-order chi connectivity index (χ0) is 13.2. The van der Waals surface area contributed by atoms with Gasteiger partial charge in [0.15, 0.2) is 0 Å². The number of hydrogen-bond donors (Lipinski definition) is 1. The zero-order valence-corrected chi connectivity index (χ0v) is 10.5. The first-order valence-electron chi connectivity index (χ1n) is 5.54. The molecule has 0 radical (unpaired) electrons. The summed E-state index contributed by atoms with van der Waals surface area (Å²) in [4.78, 5) is 11.8. The first-order chi connectivity index (χ1) is 9.24. The van der Waals surface area contributed by atoms with Crippen molar-refractivity contribution in [3.8, 4) is 16.3 Å². The fraction of sp³-hybridized carbons (Fsp3) is 0. The fourth-order valence-electron chi connectivity index (χ4n) is 1.68. The van der Waals surface area contributed by atoms with E-state index in [4.69, 9.17) is 5.11 Å². The molecule has 5 nitrogen and oxygen atoms in total. The number of nitrogens with zero attached hydrogens (tertiary/aromatic N) is 3. The molecule has 0 aliphatic carbocycles. The van der Waals surface area contributed by atoms with Crippen molar-refractivity contribution >= 4 is 17.3 Å². The summed E-state index contributed by atoms with van der Waals surface area (Å²) in [5.74, 6) is -0.940. The number of carboxylic acids is 1. The summed E-state index contributed by atoms with van der Waals surface area (Å²) in [6.07, 6.45) is 1.82. The maximum absolute atomic E-state index is 10.8. The van der Waals surface area contributed by atoms with Crippen LogP contribution in [0.25, 0.3) is 16.3 Å². The number of hydrogen-bond acceptors (Lipinski definition) is 4. The molecule has 0 amide bonds. The van der Waals surface area contributed by atoms with E-state index in [-0.39, 0.29) is 5.56 Å². The molecule has 0 saturated heterocycles. The Balaban J connectivity index is 1.92. The number of thiophene rings is 1. The van der Waals surface area contributed by atoms with Gasteiger partial charge in [0.25, 0.3) is 0 Å². The maximum atomic E-state index is 10.8. The third-order valence-electron chi connectivity index (χ3n) is 2.65. The summed E-state index contributed by atoms with van der Waals surface area (Å²) in [5.41, 5.74) is 1.83. The number of aromatic nitrogens is 3. The third kappa shape index (κ3) is 2.25. The van der Waals surface area contributed by atoms with Crippen LogP contribution in [0.2, 0.25) is 0 Å². The molecule has 0 spiro atoms. The van der Waals surface area contributed by atoms with Crippen LogP contribution in [0, 0.1) is 0 Å². The molecule has 0 saturated carbocycles. The molecule has 0 unspecified atom stereocenters. The molecule has 0 aliphatic rings. The highest BCUT2D eigenvalue weighted by Crippen LogP contribution is 2.22. The topological polar surface area (TPSA) is 68.0 Å². The Kier molecular flexibility index (Phi) is 2.85. The number of carboxylic acid groups (broad SMARTS) is 1. The van der Waals surface area contributed by atoms with Crippen molar-refractivity contribution in [3.63, 3.8) is 0 Å². The molecule has 1 aromatic carbocycles. The van der Waals surface area contributed by atoms with Crippen molar-refractivity contribution < 1.29 is 9.90 Å². The molecular formula is C13H9N3O2S. The molecule has 1 N–H and O–H groups in total. The molecular weight excluding hydrogens is 262 g/mol. The Bertz CT molecular complexity index is 702. The molecule has 0 bridgehead atoms. The highest BCUT2D eigenvalue weighted by molar-refractivity contribution is 7.13. The monoisotopic (exact) mass is 271 g/mol. The Labute approximate surface area is 112 Å². The molecule has 0 fully saturated rings. The van der Waals surface area contributed by atoms with Gasteiger partial charge < -0.3 is 5.11 Å². The van der Waals surface area contributed by atoms with E-state index < -0.39 is 5.97 Å². The lowest BCUT2D eigenvalue weighted by atomic mass is 10.2. The molecule has 2 aromatic heterocycles. The molecule has 94 valence electrons. The zero-order valence-electron chi connectivity index (χ0n) is 9.72. The molecule has 2 heterocycles. The van der Waals surface area contributed by atoms with Crippen LogP contribution in [-0.2, 0) is 0 Å². The van der Waals surface area contributed by atoms with Crippen molar-refractivity contribution in [1.29, 1.82) is 0 Å². The molecule has 0 atom stereocenters. The predicted octanol–water partition coefficient (Wildman–Crippen LogP) is 2.69. The van der Waals surface area contributed by atoms with E-state index in [0.717, 1.165) is 16.3 Å². The number of aromatic carboxylic acids is 1. The average Bonchev–Trinajstić information content (AvgIpc) is 3.10. The van der Waals surface area contributed by atoms with Gasteiger partial charge in [0, 0.05) is 0 Å². The summed E-state index contributed by atoms with van der Waals surface area (Å²) in [6.45, 7) is 0. The van der Waals surface area contributed by atoms with Crippen LogP contribution >= 0.6 is 11.3 Å². The van der Waals surface area contributed by atoms with Crippen LogP contribution in [0.5, 0.6) is 0 Å². The van der Waals surface area contributed by atoms with E-state index in [1.54, 1.807) is 40.3 Å². The lowest BCUT2D eigenvalue weighted by Gasteiger charge is -2.00. The first kappa shape index (κ1) is 11.6. The van der Waals surface area contributed by atoms with Crippen LogP contribution in [0.3, 0.4) is 0 Å². The summed E-state index contributed by atoms with van der Waals surface area (Å²) in [5, 5.41) is 19.0. The quantitative estimate of drug-likeness (QED) is 0.795. The van der Waals surface area contributed by atoms with Crippen molar-refractivity contribution in [1.82, 2.24) is 15.0 Å². The van der Waals surface area contributed by atoms with Gasteiger partial charge >= 0.3 is 5.97 Å². The van der Waals surface area contributed by atoms with Crippen molar-refractivity contribution in [3.05, 3.63) is 53.5 Å². The van der Waals surface area contributed by atoms with Crippen molar-refractivity contribution in [2.75, 3.05) is 0 Å². The van der Waals surface area contributed by atoms with Gasteiger partial charge in [-0.2, -0.15) is 0 Å². The Hall–Kier alpha value is -2.47. The van der Waals surface area contributed by atoms with Gasteiger partial charge in [0.1, 0.15) is 5.69 Å². The lowest BCUT2D eigenvalue weighted by molar-refractivity contribution is 0.0697. The van der Waals surface area contributed by atoms with Crippen LogP contribution in [0.1, 0.15) is 10.4 Å². The van der Waals surface area contributed by atoms with E-state index in [1.807, 2.05) is 23.7 Å². The second kappa shape index (κ2) is 4.66. The Morgan fingerprint density at radius 1 is 1.21 bits per heavy atom. The summed E-state index contributed by atoms with van der Waals surface area (Å²) >= 11 is 1.60. The van der Waals surface area contributed by atoms with Gasteiger partial charge in [0.05, 0.1) is 22.3 Å². The number of carbonyl (C=O) groups is 1. The summed E-state index contributed by atoms with van der Waals surface area (Å²) in [7, 11) is 0. The Morgan fingerprint density at radius 2 is 2.00 bits per heavy atom. The van der Waals surface area contributed by atoms with Gasteiger partial charge in [-0.3, -0.25) is 0 Å². The van der Waals surface area contributed by atoms with Gasteiger partial charge in [-0.15, -0.1) is 16.4 Å². The third-order valence-corrected chi connectivity index (χ3v) is 3.54. The average molecular weight is 271 g/mol. The minimum atomic E-state index is -0.940. The highest BCUT2D eigenvalue weighted by atomic mass is 32.1. The van der Waals surface area contributed by atoms with Crippen LogP contribution in [0.4, 0.5) is 0 Å². The minimum Gasteiger partial charge on any atom is -0.478 e. The van der Waals surface area contributed by atoms with E-state index in [1.165, 1.54) is 0 Å². The number of benzene rings is 1. The first-order valence-corrected chi connectivity index (χ1v) is 6.42. The SMILES string of the molecule is O=C(O)c1ccc(-n2cc(-c3cccs3)nn2)cc1. The maximum Gasteiger partial charge on any atom is 0.335 e. The normalized spacial score (nSPS) is 10.5. The van der Waals surface area contributed by atoms with Crippen molar-refractivity contribution in [2.45, 2.75) is 0 Å². The van der Waals surface area contributed by atoms with E-state index in [0.29, 0.717) is 0 Å². The van der Waals surface area contributed by atoms with Crippen LogP contribution < -0.4 is 0 Å². The lowest BCUT2D eigenvalue weighted by Crippen LogP contribution is -1.98. The largest absolute Gasteiger partial charge is 0.478 e. The number of rotatable bonds is 3. The Morgan fingerprint density at radius 3 is 2.63 bits per heavy atom. The molecule has 19 heavy (non-hydrogen) atoms. The summed E-state index contributed by atoms with van der Waals surface area (Å²) < 4.78 is 1.63. The van der Waals surface area contributed by atoms with Crippen LogP contribution in [-0.4, -0.2) is 26.1 Å².